The lowest BCUT2D eigenvalue weighted by Gasteiger charge is -2.20. The highest BCUT2D eigenvalue weighted by Crippen LogP contribution is 2.23. The normalized spacial score (nSPS) is 11.6. The molecule has 0 bridgehead atoms. The van der Waals surface area contributed by atoms with Crippen molar-refractivity contribution in [2.75, 3.05) is 30.9 Å². The molecule has 0 aliphatic carbocycles. The largest absolute Gasteiger partial charge is 0.351 e. The Bertz CT molecular complexity index is 823. The van der Waals surface area contributed by atoms with Gasteiger partial charge < -0.3 is 21.7 Å². The summed E-state index contributed by atoms with van der Waals surface area (Å²) >= 11 is 0. The Kier molecular flexibility index (Phi) is 9.15. The van der Waals surface area contributed by atoms with Crippen molar-refractivity contribution < 1.29 is 9.59 Å². The van der Waals surface area contributed by atoms with Crippen molar-refractivity contribution in [1.29, 1.82) is 0 Å². The average Bonchev–Trinajstić information content (AvgIpc) is 2.76. The second-order valence-electron chi connectivity index (χ2n) is 7.29. The van der Waals surface area contributed by atoms with Gasteiger partial charge in [-0.3, -0.25) is 4.90 Å². The molecule has 0 aromatic heterocycles. The fourth-order valence-corrected chi connectivity index (χ4v) is 3.23. The third kappa shape index (κ3) is 7.08. The van der Waals surface area contributed by atoms with Gasteiger partial charge >= 0.3 is 12.1 Å². The maximum atomic E-state index is 11.6. The third-order valence-electron chi connectivity index (χ3n) is 5.08. The van der Waals surface area contributed by atoms with Gasteiger partial charge in [-0.2, -0.15) is 0 Å². The Hall–Kier alpha value is -3.06. The van der Waals surface area contributed by atoms with E-state index in [1.165, 1.54) is 10.5 Å². The molecule has 0 fully saturated rings. The first-order chi connectivity index (χ1) is 14.4. The second-order valence-corrected chi connectivity index (χ2v) is 7.29. The number of anilines is 2. The molecule has 4 amide bonds. The summed E-state index contributed by atoms with van der Waals surface area (Å²) < 4.78 is 0. The predicted octanol–water partition coefficient (Wildman–Crippen LogP) is 4.02. The van der Waals surface area contributed by atoms with E-state index in [1.54, 1.807) is 14.1 Å². The van der Waals surface area contributed by atoms with Crippen molar-refractivity contribution in [3.05, 3.63) is 59.7 Å². The summed E-state index contributed by atoms with van der Waals surface area (Å²) in [6, 6.07) is 15.3. The van der Waals surface area contributed by atoms with Crippen LogP contribution in [0.3, 0.4) is 0 Å². The second kappa shape index (κ2) is 11.8. The topological polar surface area (TPSA) is 99.5 Å². The Balaban J connectivity index is 1.99. The summed E-state index contributed by atoms with van der Waals surface area (Å²) in [6.07, 6.45) is 4.16. The molecule has 0 aliphatic heterocycles. The number of hydrogen-bond acceptors (Lipinski definition) is 3. The molecule has 1 atom stereocenters. The Morgan fingerprint density at radius 1 is 1.13 bits per heavy atom. The monoisotopic (exact) mass is 411 g/mol. The third-order valence-corrected chi connectivity index (χ3v) is 5.08. The fraction of sp³-hybridized carbons (Fsp3) is 0.391. The Morgan fingerprint density at radius 2 is 1.87 bits per heavy atom. The van der Waals surface area contributed by atoms with E-state index in [0.717, 1.165) is 49.2 Å². The van der Waals surface area contributed by atoms with Gasteiger partial charge in [0.1, 0.15) is 0 Å². The van der Waals surface area contributed by atoms with E-state index in [4.69, 9.17) is 5.73 Å². The Labute approximate surface area is 179 Å². The van der Waals surface area contributed by atoms with Crippen molar-refractivity contribution in [3.63, 3.8) is 0 Å². The van der Waals surface area contributed by atoms with E-state index in [0.29, 0.717) is 0 Å². The number of rotatable bonds is 10. The molecule has 0 spiro atoms. The fourth-order valence-electron chi connectivity index (χ4n) is 3.23. The summed E-state index contributed by atoms with van der Waals surface area (Å²) in [4.78, 5) is 24.3. The molecule has 162 valence electrons. The number of amides is 4. The van der Waals surface area contributed by atoms with E-state index < -0.39 is 6.03 Å². The average molecular weight is 412 g/mol. The molecule has 5 N–H and O–H groups in total. The minimum absolute atomic E-state index is 0.219. The number of urea groups is 2. The van der Waals surface area contributed by atoms with Crippen molar-refractivity contribution in [1.82, 2.24) is 10.6 Å². The minimum atomic E-state index is -0.476. The standard InChI is InChI=1S/C23H33N5O2/c1-4-5-9-21(18-7-6-8-19(16-18)27-23(30)25-2)26-15-14-17-10-12-20(13-11-17)28(3)22(24)29/h6-8,10-13,16,21,26H,4-5,9,14-15H2,1-3H3,(H2,24,29)(H2,25,27,30). The van der Waals surface area contributed by atoms with Gasteiger partial charge in [-0.15, -0.1) is 0 Å². The molecular weight excluding hydrogens is 378 g/mol. The van der Waals surface area contributed by atoms with Crippen LogP contribution >= 0.6 is 0 Å². The Morgan fingerprint density at radius 3 is 2.50 bits per heavy atom. The molecule has 1 unspecified atom stereocenters. The van der Waals surface area contributed by atoms with Gasteiger partial charge in [0.05, 0.1) is 0 Å². The van der Waals surface area contributed by atoms with Crippen LogP contribution in [-0.4, -0.2) is 32.7 Å². The summed E-state index contributed by atoms with van der Waals surface area (Å²) in [5, 5.41) is 9.06. The number of hydrogen-bond donors (Lipinski definition) is 4. The lowest BCUT2D eigenvalue weighted by Crippen LogP contribution is -2.31. The molecule has 30 heavy (non-hydrogen) atoms. The zero-order valence-corrected chi connectivity index (χ0v) is 18.1. The van der Waals surface area contributed by atoms with Gasteiger partial charge in [0, 0.05) is 31.5 Å². The molecule has 2 aromatic carbocycles. The van der Waals surface area contributed by atoms with Gasteiger partial charge in [-0.05, 0) is 54.8 Å². The smallest absolute Gasteiger partial charge is 0.318 e. The summed E-state index contributed by atoms with van der Waals surface area (Å²) in [5.41, 5.74) is 9.22. The summed E-state index contributed by atoms with van der Waals surface area (Å²) in [7, 11) is 3.26. The van der Waals surface area contributed by atoms with E-state index in [1.807, 2.05) is 42.5 Å². The number of carbonyl (C=O) groups excluding carboxylic acids is 2. The molecule has 0 aliphatic rings. The molecule has 0 saturated carbocycles. The van der Waals surface area contributed by atoms with Gasteiger partial charge in [0.25, 0.3) is 0 Å². The van der Waals surface area contributed by atoms with Crippen LogP contribution in [0.15, 0.2) is 48.5 Å². The van der Waals surface area contributed by atoms with Crippen molar-refractivity contribution in [3.8, 4) is 0 Å². The van der Waals surface area contributed by atoms with Crippen molar-refractivity contribution in [2.45, 2.75) is 38.6 Å². The van der Waals surface area contributed by atoms with Crippen LogP contribution in [0.2, 0.25) is 0 Å². The minimum Gasteiger partial charge on any atom is -0.351 e. The molecular formula is C23H33N5O2. The van der Waals surface area contributed by atoms with E-state index in [2.05, 4.69) is 28.9 Å². The van der Waals surface area contributed by atoms with E-state index in [-0.39, 0.29) is 12.1 Å². The number of primary amides is 1. The molecule has 7 heteroatoms. The molecule has 7 nitrogen and oxygen atoms in total. The molecule has 2 aromatic rings. The van der Waals surface area contributed by atoms with Crippen LogP contribution in [0.5, 0.6) is 0 Å². The van der Waals surface area contributed by atoms with Gasteiger partial charge in [-0.1, -0.05) is 44.0 Å². The SMILES string of the molecule is CCCCC(NCCc1ccc(N(C)C(N)=O)cc1)c1cccc(NC(=O)NC)c1. The first-order valence-corrected chi connectivity index (χ1v) is 10.4. The maximum absolute atomic E-state index is 11.6. The lowest BCUT2D eigenvalue weighted by atomic mass is 10.00. The number of nitrogens with zero attached hydrogens (tertiary/aromatic N) is 1. The molecule has 0 saturated heterocycles. The van der Waals surface area contributed by atoms with Gasteiger partial charge in [0.2, 0.25) is 0 Å². The number of carbonyl (C=O) groups is 2. The van der Waals surface area contributed by atoms with Crippen LogP contribution < -0.4 is 26.6 Å². The maximum Gasteiger partial charge on any atom is 0.318 e. The quantitative estimate of drug-likeness (QED) is 0.475. The van der Waals surface area contributed by atoms with E-state index >= 15 is 0 Å². The van der Waals surface area contributed by atoms with E-state index in [9.17, 15) is 9.59 Å². The number of nitrogens with two attached hydrogens (primary N) is 1. The number of benzene rings is 2. The van der Waals surface area contributed by atoms with Crippen LogP contribution in [0.1, 0.15) is 43.4 Å². The van der Waals surface area contributed by atoms with Crippen LogP contribution in [0, 0.1) is 0 Å². The highest BCUT2D eigenvalue weighted by Gasteiger charge is 2.12. The molecule has 2 rings (SSSR count). The van der Waals surface area contributed by atoms with Crippen molar-refractivity contribution >= 4 is 23.4 Å². The van der Waals surface area contributed by atoms with Crippen LogP contribution in [-0.2, 0) is 6.42 Å². The lowest BCUT2D eigenvalue weighted by molar-refractivity contribution is 0.253. The first kappa shape index (κ1) is 23.2. The number of nitrogens with one attached hydrogen (secondary N) is 3. The van der Waals surface area contributed by atoms with Crippen molar-refractivity contribution in [2.24, 2.45) is 5.73 Å². The summed E-state index contributed by atoms with van der Waals surface area (Å²) in [6.45, 7) is 3.01. The summed E-state index contributed by atoms with van der Waals surface area (Å²) in [5.74, 6) is 0. The number of unbranched alkanes of at least 4 members (excludes halogenated alkanes) is 1. The highest BCUT2D eigenvalue weighted by molar-refractivity contribution is 5.90. The highest BCUT2D eigenvalue weighted by atomic mass is 16.2. The van der Waals surface area contributed by atoms with Gasteiger partial charge in [-0.25, -0.2) is 9.59 Å². The molecule has 0 radical (unpaired) electrons. The van der Waals surface area contributed by atoms with Gasteiger partial charge in [0.15, 0.2) is 0 Å². The van der Waals surface area contributed by atoms with Crippen LogP contribution in [0.25, 0.3) is 0 Å². The zero-order valence-electron chi connectivity index (χ0n) is 18.1. The molecule has 0 heterocycles. The predicted molar refractivity (Wildman–Crippen MR) is 123 cm³/mol. The van der Waals surface area contributed by atoms with Crippen LogP contribution in [0.4, 0.5) is 21.0 Å². The first-order valence-electron chi connectivity index (χ1n) is 10.4. The zero-order chi connectivity index (χ0) is 21.9.